The second kappa shape index (κ2) is 5.39. The predicted molar refractivity (Wildman–Crippen MR) is 84.4 cm³/mol. The lowest BCUT2D eigenvalue weighted by Crippen LogP contribution is -2.03. The lowest BCUT2D eigenvalue weighted by Gasteiger charge is -2.10. The molecule has 1 N–H and O–H groups in total. The summed E-state index contributed by atoms with van der Waals surface area (Å²) in [7, 11) is 1.62. The minimum absolute atomic E-state index is 0.275. The number of benzene rings is 2. The van der Waals surface area contributed by atoms with Crippen molar-refractivity contribution in [3.05, 3.63) is 58.8 Å². The van der Waals surface area contributed by atoms with E-state index in [9.17, 15) is 5.26 Å². The van der Waals surface area contributed by atoms with Crippen LogP contribution in [0.1, 0.15) is 5.56 Å². The third kappa shape index (κ3) is 2.28. The molecule has 2 aromatic carbocycles. The van der Waals surface area contributed by atoms with Crippen LogP contribution in [0.2, 0.25) is 0 Å². The Hall–Kier alpha value is -2.64. The number of rotatable bonds is 2. The molecule has 0 aliphatic carbocycles. The highest BCUT2D eigenvalue weighted by Gasteiger charge is 2.13. The number of methoxy groups -OCH3 is 1. The van der Waals surface area contributed by atoms with E-state index in [0.717, 1.165) is 27.0 Å². The molecule has 21 heavy (non-hydrogen) atoms. The number of hydrogen-bond donors (Lipinski definition) is 1. The molecule has 1 heterocycles. The first-order valence-electron chi connectivity index (χ1n) is 6.39. The molecule has 4 heteroatoms. The van der Waals surface area contributed by atoms with E-state index in [1.54, 1.807) is 7.11 Å². The normalized spacial score (nSPS) is 10.3. The van der Waals surface area contributed by atoms with Crippen LogP contribution in [0.15, 0.2) is 48.5 Å². The lowest BCUT2D eigenvalue weighted by atomic mass is 9.98. The topological polar surface area (TPSA) is 56.9 Å². The van der Waals surface area contributed by atoms with Gasteiger partial charge in [-0.2, -0.15) is 5.26 Å². The highest BCUT2D eigenvalue weighted by Crippen LogP contribution is 2.33. The Balaban J connectivity index is 2.45. The van der Waals surface area contributed by atoms with E-state index in [0.29, 0.717) is 5.56 Å². The maximum absolute atomic E-state index is 9.43. The van der Waals surface area contributed by atoms with Crippen LogP contribution in [0.3, 0.4) is 0 Å². The highest BCUT2D eigenvalue weighted by atomic mass is 32.1. The third-order valence-corrected chi connectivity index (χ3v) is 4.29. The average molecular weight is 292 g/mol. The maximum atomic E-state index is 9.43. The van der Waals surface area contributed by atoms with Gasteiger partial charge in [0.05, 0.1) is 12.7 Å². The van der Waals surface area contributed by atoms with Crippen molar-refractivity contribution in [1.82, 2.24) is 0 Å². The van der Waals surface area contributed by atoms with Gasteiger partial charge in [-0.3, -0.25) is 5.41 Å². The molecule has 0 atom stereocenters. The summed E-state index contributed by atoms with van der Waals surface area (Å²) in [5.41, 5.74) is 2.19. The average Bonchev–Trinajstić information content (AvgIpc) is 2.53. The van der Waals surface area contributed by atoms with Gasteiger partial charge in [0.2, 0.25) is 0 Å². The fourth-order valence-electron chi connectivity index (χ4n) is 2.34. The molecule has 102 valence electrons. The zero-order valence-electron chi connectivity index (χ0n) is 11.4. The van der Waals surface area contributed by atoms with E-state index in [1.165, 1.54) is 11.3 Å². The number of nitriles is 1. The minimum Gasteiger partial charge on any atom is -0.497 e. The van der Waals surface area contributed by atoms with Crippen molar-refractivity contribution in [3.63, 3.8) is 0 Å². The maximum Gasteiger partial charge on any atom is 0.126 e. The molecule has 3 aromatic rings. The second-order valence-corrected chi connectivity index (χ2v) is 5.57. The predicted octanol–water partition coefficient (Wildman–Crippen LogP) is 3.93. The molecular formula is C17H12N2OS. The van der Waals surface area contributed by atoms with Crippen molar-refractivity contribution in [3.8, 4) is 22.9 Å². The molecule has 0 aliphatic rings. The zero-order chi connectivity index (χ0) is 14.8. The molecule has 0 amide bonds. The molecule has 0 spiro atoms. The smallest absolute Gasteiger partial charge is 0.126 e. The Morgan fingerprint density at radius 1 is 1.14 bits per heavy atom. The van der Waals surface area contributed by atoms with Crippen molar-refractivity contribution in [2.24, 2.45) is 0 Å². The summed E-state index contributed by atoms with van der Waals surface area (Å²) in [6.45, 7) is 0. The van der Waals surface area contributed by atoms with Gasteiger partial charge in [-0.05, 0) is 23.8 Å². The largest absolute Gasteiger partial charge is 0.497 e. The van der Waals surface area contributed by atoms with Crippen LogP contribution in [-0.4, -0.2) is 7.11 Å². The van der Waals surface area contributed by atoms with Crippen LogP contribution in [0.25, 0.3) is 21.2 Å². The molecule has 1 aromatic heterocycles. The number of hydrogen-bond acceptors (Lipinski definition) is 4. The molecule has 0 radical (unpaired) electrons. The molecule has 0 fully saturated rings. The third-order valence-electron chi connectivity index (χ3n) is 3.32. The van der Waals surface area contributed by atoms with Crippen LogP contribution in [0.4, 0.5) is 0 Å². The summed E-state index contributed by atoms with van der Waals surface area (Å²) < 4.78 is 6.46. The fourth-order valence-corrected chi connectivity index (χ4v) is 3.27. The number of ether oxygens (including phenoxy) is 1. The van der Waals surface area contributed by atoms with E-state index in [2.05, 4.69) is 6.07 Å². The Morgan fingerprint density at radius 2 is 1.90 bits per heavy atom. The van der Waals surface area contributed by atoms with Crippen LogP contribution in [0, 0.1) is 16.7 Å². The molecule has 0 saturated carbocycles. The van der Waals surface area contributed by atoms with Crippen molar-refractivity contribution in [1.29, 1.82) is 10.7 Å². The summed E-state index contributed by atoms with van der Waals surface area (Å²) in [6.07, 6.45) is 0. The van der Waals surface area contributed by atoms with E-state index in [4.69, 9.17) is 10.1 Å². The van der Waals surface area contributed by atoms with Gasteiger partial charge in [-0.1, -0.05) is 30.3 Å². The first-order valence-corrected chi connectivity index (χ1v) is 7.21. The standard InChI is InChI=1S/C17H12N2OS/c1-20-12-7-8-13-15(9-12)21-17(19)14(10-18)16(13)11-5-3-2-4-6-11/h2-9,19H,1H3. The van der Waals surface area contributed by atoms with Gasteiger partial charge in [0.1, 0.15) is 16.5 Å². The van der Waals surface area contributed by atoms with E-state index < -0.39 is 0 Å². The van der Waals surface area contributed by atoms with Gasteiger partial charge in [0.25, 0.3) is 0 Å². The minimum atomic E-state index is 0.275. The van der Waals surface area contributed by atoms with E-state index in [1.807, 2.05) is 48.5 Å². The van der Waals surface area contributed by atoms with Gasteiger partial charge in [0.15, 0.2) is 0 Å². The van der Waals surface area contributed by atoms with Gasteiger partial charge in [-0.15, -0.1) is 11.3 Å². The molecule has 0 saturated heterocycles. The van der Waals surface area contributed by atoms with E-state index in [-0.39, 0.29) is 4.67 Å². The lowest BCUT2D eigenvalue weighted by molar-refractivity contribution is 0.415. The van der Waals surface area contributed by atoms with Gasteiger partial charge in [-0.25, -0.2) is 0 Å². The molecule has 3 rings (SSSR count). The summed E-state index contributed by atoms with van der Waals surface area (Å²) in [5.74, 6) is 0.752. The summed E-state index contributed by atoms with van der Waals surface area (Å²) in [5, 5.41) is 18.5. The fraction of sp³-hybridized carbons (Fsp3) is 0.0588. The van der Waals surface area contributed by atoms with Crippen LogP contribution in [-0.2, 0) is 0 Å². The summed E-state index contributed by atoms with van der Waals surface area (Å²) in [4.78, 5) is 0. The first-order chi connectivity index (χ1) is 10.2. The molecule has 0 aliphatic heterocycles. The highest BCUT2D eigenvalue weighted by molar-refractivity contribution is 7.16. The van der Waals surface area contributed by atoms with Gasteiger partial charge < -0.3 is 4.74 Å². The SMILES string of the molecule is COc1ccc2c(-c3ccccc3)c(C#N)c(=N)sc2c1. The van der Waals surface area contributed by atoms with Crippen molar-refractivity contribution in [2.75, 3.05) is 7.11 Å². The van der Waals surface area contributed by atoms with Gasteiger partial charge in [0, 0.05) is 15.6 Å². The molecule has 0 bridgehead atoms. The first kappa shape index (κ1) is 13.3. The monoisotopic (exact) mass is 292 g/mol. The summed E-state index contributed by atoms with van der Waals surface area (Å²) in [6, 6.07) is 17.7. The molecule has 3 nitrogen and oxygen atoms in total. The van der Waals surface area contributed by atoms with Gasteiger partial charge >= 0.3 is 0 Å². The van der Waals surface area contributed by atoms with Crippen molar-refractivity contribution >= 4 is 21.4 Å². The zero-order valence-corrected chi connectivity index (χ0v) is 12.2. The Kier molecular flexibility index (Phi) is 3.43. The number of nitrogens with zero attached hydrogens (tertiary/aromatic N) is 1. The Morgan fingerprint density at radius 3 is 2.57 bits per heavy atom. The number of nitrogens with one attached hydrogen (secondary N) is 1. The Labute approximate surface area is 126 Å². The van der Waals surface area contributed by atoms with Crippen LogP contribution in [0.5, 0.6) is 5.75 Å². The van der Waals surface area contributed by atoms with Crippen LogP contribution < -0.4 is 9.41 Å². The molecule has 0 unspecified atom stereocenters. The summed E-state index contributed by atoms with van der Waals surface area (Å²) >= 11 is 1.30. The quantitative estimate of drug-likeness (QED) is 0.778. The van der Waals surface area contributed by atoms with Crippen LogP contribution >= 0.6 is 11.3 Å². The number of fused-ring (bicyclic) bond motifs is 1. The molecular weight excluding hydrogens is 280 g/mol. The Bertz CT molecular complexity index is 908. The van der Waals surface area contributed by atoms with Crippen molar-refractivity contribution in [2.45, 2.75) is 0 Å². The van der Waals surface area contributed by atoms with Crippen molar-refractivity contribution < 1.29 is 4.74 Å². The van der Waals surface area contributed by atoms with E-state index >= 15 is 0 Å². The second-order valence-electron chi connectivity index (χ2n) is 4.52.